The minimum atomic E-state index is 0.900. The standard InChI is InChI=1S/C11H22/c1-8(2)11-6-5-9(3)7-10(11)4/h8-11H,5-7H2,1-4H3/t9?,10?,11-/m1/s1. The molecule has 2 unspecified atom stereocenters. The topological polar surface area (TPSA) is 0 Å². The van der Waals surface area contributed by atoms with Crippen molar-refractivity contribution in [3.63, 3.8) is 0 Å². The molecule has 1 aliphatic carbocycles. The van der Waals surface area contributed by atoms with Gasteiger partial charge in [0.2, 0.25) is 0 Å². The lowest BCUT2D eigenvalue weighted by atomic mass is 9.71. The zero-order valence-corrected chi connectivity index (χ0v) is 8.43. The van der Waals surface area contributed by atoms with Crippen LogP contribution in [0.25, 0.3) is 0 Å². The highest BCUT2D eigenvalue weighted by Gasteiger charge is 2.26. The summed E-state index contributed by atoms with van der Waals surface area (Å²) in [6, 6.07) is 0. The van der Waals surface area contributed by atoms with Crippen LogP contribution >= 0.6 is 0 Å². The van der Waals surface area contributed by atoms with Crippen molar-refractivity contribution >= 4 is 0 Å². The van der Waals surface area contributed by atoms with Crippen molar-refractivity contribution in [2.24, 2.45) is 23.7 Å². The molecule has 0 aromatic rings. The summed E-state index contributed by atoms with van der Waals surface area (Å²) < 4.78 is 0. The van der Waals surface area contributed by atoms with E-state index in [1.54, 1.807) is 0 Å². The van der Waals surface area contributed by atoms with E-state index in [9.17, 15) is 0 Å². The molecular weight excluding hydrogens is 132 g/mol. The van der Waals surface area contributed by atoms with Gasteiger partial charge in [-0.3, -0.25) is 0 Å². The lowest BCUT2D eigenvalue weighted by Gasteiger charge is -2.35. The van der Waals surface area contributed by atoms with E-state index in [0.717, 1.165) is 23.7 Å². The third-order valence-electron chi connectivity index (χ3n) is 3.35. The largest absolute Gasteiger partial charge is 0.0625 e. The summed E-state index contributed by atoms with van der Waals surface area (Å²) in [6.45, 7) is 9.57. The van der Waals surface area contributed by atoms with Gasteiger partial charge in [-0.1, -0.05) is 34.1 Å². The molecule has 0 heterocycles. The molecule has 0 aromatic heterocycles. The van der Waals surface area contributed by atoms with E-state index in [1.165, 1.54) is 19.3 Å². The Balaban J connectivity index is 2.44. The minimum absolute atomic E-state index is 0.900. The zero-order valence-electron chi connectivity index (χ0n) is 8.43. The lowest BCUT2D eigenvalue weighted by Crippen LogP contribution is -2.25. The molecule has 1 saturated carbocycles. The van der Waals surface area contributed by atoms with Crippen molar-refractivity contribution in [2.45, 2.75) is 47.0 Å². The van der Waals surface area contributed by atoms with Crippen LogP contribution in [0.5, 0.6) is 0 Å². The van der Waals surface area contributed by atoms with Gasteiger partial charge in [0.05, 0.1) is 0 Å². The Hall–Kier alpha value is 0. The number of rotatable bonds is 1. The summed E-state index contributed by atoms with van der Waals surface area (Å²) in [5, 5.41) is 0. The maximum absolute atomic E-state index is 2.43. The summed E-state index contributed by atoms with van der Waals surface area (Å²) in [4.78, 5) is 0. The van der Waals surface area contributed by atoms with Crippen molar-refractivity contribution in [3.8, 4) is 0 Å². The van der Waals surface area contributed by atoms with Crippen LogP contribution in [0, 0.1) is 23.7 Å². The van der Waals surface area contributed by atoms with E-state index in [0.29, 0.717) is 0 Å². The molecule has 0 spiro atoms. The molecule has 1 rings (SSSR count). The third kappa shape index (κ3) is 2.21. The van der Waals surface area contributed by atoms with Crippen LogP contribution in [0.15, 0.2) is 0 Å². The normalized spacial score (nSPS) is 39.5. The summed E-state index contributed by atoms with van der Waals surface area (Å²) in [5.41, 5.74) is 0. The van der Waals surface area contributed by atoms with Crippen LogP contribution < -0.4 is 0 Å². The Kier molecular flexibility index (Phi) is 2.98. The molecule has 1 fully saturated rings. The quantitative estimate of drug-likeness (QED) is 0.540. The average Bonchev–Trinajstić information content (AvgIpc) is 1.85. The predicted octanol–water partition coefficient (Wildman–Crippen LogP) is 3.71. The van der Waals surface area contributed by atoms with E-state index in [2.05, 4.69) is 27.7 Å². The van der Waals surface area contributed by atoms with Gasteiger partial charge >= 0.3 is 0 Å². The van der Waals surface area contributed by atoms with Crippen LogP contribution in [-0.2, 0) is 0 Å². The van der Waals surface area contributed by atoms with Crippen molar-refractivity contribution in [1.29, 1.82) is 0 Å². The van der Waals surface area contributed by atoms with E-state index >= 15 is 0 Å². The Morgan fingerprint density at radius 1 is 1.09 bits per heavy atom. The fourth-order valence-corrected chi connectivity index (χ4v) is 2.68. The van der Waals surface area contributed by atoms with E-state index < -0.39 is 0 Å². The molecule has 0 aromatic carbocycles. The fourth-order valence-electron chi connectivity index (χ4n) is 2.68. The minimum Gasteiger partial charge on any atom is -0.0625 e. The first-order valence-corrected chi connectivity index (χ1v) is 5.11. The second-order valence-corrected chi connectivity index (χ2v) is 4.80. The van der Waals surface area contributed by atoms with Gasteiger partial charge in [0, 0.05) is 0 Å². The molecular formula is C11H22. The van der Waals surface area contributed by atoms with E-state index in [1.807, 2.05) is 0 Å². The highest BCUT2D eigenvalue weighted by Crippen LogP contribution is 2.37. The van der Waals surface area contributed by atoms with E-state index in [-0.39, 0.29) is 0 Å². The molecule has 1 aliphatic rings. The van der Waals surface area contributed by atoms with Gasteiger partial charge in [-0.05, 0) is 36.5 Å². The molecule has 0 saturated heterocycles. The first kappa shape index (κ1) is 9.09. The van der Waals surface area contributed by atoms with Crippen LogP contribution in [0.1, 0.15) is 47.0 Å². The summed E-state index contributed by atoms with van der Waals surface area (Å²) >= 11 is 0. The molecule has 0 nitrogen and oxygen atoms in total. The average molecular weight is 154 g/mol. The Morgan fingerprint density at radius 3 is 2.18 bits per heavy atom. The van der Waals surface area contributed by atoms with Gasteiger partial charge in [0.25, 0.3) is 0 Å². The molecule has 0 aliphatic heterocycles. The smallest absolute Gasteiger partial charge is 0.0365 e. The van der Waals surface area contributed by atoms with E-state index in [4.69, 9.17) is 0 Å². The van der Waals surface area contributed by atoms with Crippen molar-refractivity contribution in [2.75, 3.05) is 0 Å². The number of hydrogen-bond donors (Lipinski definition) is 0. The summed E-state index contributed by atoms with van der Waals surface area (Å²) in [6.07, 6.45) is 4.40. The van der Waals surface area contributed by atoms with Crippen molar-refractivity contribution < 1.29 is 0 Å². The Bertz CT molecular complexity index is 115. The number of hydrogen-bond acceptors (Lipinski definition) is 0. The second-order valence-electron chi connectivity index (χ2n) is 4.80. The maximum atomic E-state index is 2.43. The van der Waals surface area contributed by atoms with Gasteiger partial charge in [0.1, 0.15) is 0 Å². The highest BCUT2D eigenvalue weighted by molar-refractivity contribution is 4.77. The van der Waals surface area contributed by atoms with Gasteiger partial charge in [-0.2, -0.15) is 0 Å². The van der Waals surface area contributed by atoms with Gasteiger partial charge < -0.3 is 0 Å². The van der Waals surface area contributed by atoms with Gasteiger partial charge in [0.15, 0.2) is 0 Å². The molecule has 66 valence electrons. The molecule has 0 amide bonds. The van der Waals surface area contributed by atoms with Crippen LogP contribution in [0.2, 0.25) is 0 Å². The molecule has 11 heavy (non-hydrogen) atoms. The maximum Gasteiger partial charge on any atom is -0.0365 e. The molecule has 3 atom stereocenters. The van der Waals surface area contributed by atoms with Crippen LogP contribution in [0.3, 0.4) is 0 Å². The van der Waals surface area contributed by atoms with Gasteiger partial charge in [-0.15, -0.1) is 0 Å². The first-order chi connectivity index (χ1) is 5.11. The van der Waals surface area contributed by atoms with Crippen molar-refractivity contribution in [3.05, 3.63) is 0 Å². The van der Waals surface area contributed by atoms with Crippen LogP contribution in [-0.4, -0.2) is 0 Å². The Labute approximate surface area is 71.4 Å². The molecule has 0 heteroatoms. The third-order valence-corrected chi connectivity index (χ3v) is 3.35. The molecule has 0 bridgehead atoms. The molecule has 0 N–H and O–H groups in total. The summed E-state index contributed by atoms with van der Waals surface area (Å²) in [5.74, 6) is 3.86. The van der Waals surface area contributed by atoms with Crippen LogP contribution in [0.4, 0.5) is 0 Å². The Morgan fingerprint density at radius 2 is 1.73 bits per heavy atom. The monoisotopic (exact) mass is 154 g/mol. The van der Waals surface area contributed by atoms with Gasteiger partial charge in [-0.25, -0.2) is 0 Å². The summed E-state index contributed by atoms with van der Waals surface area (Å²) in [7, 11) is 0. The van der Waals surface area contributed by atoms with Crippen molar-refractivity contribution in [1.82, 2.24) is 0 Å². The highest BCUT2D eigenvalue weighted by atomic mass is 14.3. The lowest BCUT2D eigenvalue weighted by molar-refractivity contribution is 0.158. The zero-order chi connectivity index (χ0) is 8.43. The first-order valence-electron chi connectivity index (χ1n) is 5.11. The predicted molar refractivity (Wildman–Crippen MR) is 50.5 cm³/mol. The molecule has 0 radical (unpaired) electrons. The fraction of sp³-hybridized carbons (Fsp3) is 1.00. The SMILES string of the molecule is CC1CC[C@H](C(C)C)C(C)C1. The second kappa shape index (κ2) is 3.60.